The second kappa shape index (κ2) is 12.2. The number of thioether (sulfide) groups is 1. The quantitative estimate of drug-likeness (QED) is 0.298. The van der Waals surface area contributed by atoms with Crippen LogP contribution in [-0.2, 0) is 22.3 Å². The van der Waals surface area contributed by atoms with Crippen LogP contribution in [0.4, 0.5) is 5.69 Å². The van der Waals surface area contributed by atoms with Crippen LogP contribution in [0.1, 0.15) is 21.5 Å². The summed E-state index contributed by atoms with van der Waals surface area (Å²) in [6.07, 6.45) is 1.11. The summed E-state index contributed by atoms with van der Waals surface area (Å²) in [6.45, 7) is 0.493. The van der Waals surface area contributed by atoms with Gasteiger partial charge in [0.1, 0.15) is 0 Å². The summed E-state index contributed by atoms with van der Waals surface area (Å²) in [4.78, 5) is 12.5. The molecule has 0 aliphatic carbocycles. The van der Waals surface area contributed by atoms with E-state index >= 15 is 0 Å². The lowest BCUT2D eigenvalue weighted by Crippen LogP contribution is -2.30. The van der Waals surface area contributed by atoms with Crippen molar-refractivity contribution in [2.45, 2.75) is 12.3 Å². The molecule has 0 saturated carbocycles. The van der Waals surface area contributed by atoms with Gasteiger partial charge in [0.05, 0.1) is 18.5 Å². The van der Waals surface area contributed by atoms with E-state index in [2.05, 4.69) is 5.32 Å². The SMILES string of the molecule is CS(=O)(=O)N(Cc1c(Cl)cccc1Cl)c1ccc(C(=O)NCCSCc2ccc(Cl)cc2)cc1. The van der Waals surface area contributed by atoms with Crippen molar-refractivity contribution in [1.82, 2.24) is 5.32 Å². The summed E-state index contributed by atoms with van der Waals surface area (Å²) in [5.41, 5.74) is 2.53. The number of hydrogen-bond acceptors (Lipinski definition) is 4. The first kappa shape index (κ1) is 26.7. The molecule has 0 fully saturated rings. The van der Waals surface area contributed by atoms with Gasteiger partial charge in [-0.05, 0) is 54.1 Å². The van der Waals surface area contributed by atoms with Gasteiger partial charge >= 0.3 is 0 Å². The Labute approximate surface area is 219 Å². The van der Waals surface area contributed by atoms with E-state index in [4.69, 9.17) is 34.8 Å². The van der Waals surface area contributed by atoms with Crippen LogP contribution in [0.25, 0.3) is 0 Å². The number of anilines is 1. The molecule has 1 N–H and O–H groups in total. The van der Waals surface area contributed by atoms with E-state index in [-0.39, 0.29) is 12.5 Å². The largest absolute Gasteiger partial charge is 0.351 e. The summed E-state index contributed by atoms with van der Waals surface area (Å²) in [5.74, 6) is 1.37. The molecule has 3 rings (SSSR count). The molecule has 180 valence electrons. The van der Waals surface area contributed by atoms with Crippen molar-refractivity contribution in [3.8, 4) is 0 Å². The van der Waals surface area contributed by atoms with E-state index in [9.17, 15) is 13.2 Å². The fourth-order valence-corrected chi connectivity index (χ4v) is 5.45. The van der Waals surface area contributed by atoms with Crippen LogP contribution < -0.4 is 9.62 Å². The Morgan fingerprint density at radius 1 is 0.941 bits per heavy atom. The van der Waals surface area contributed by atoms with E-state index in [1.807, 2.05) is 24.3 Å². The first-order valence-electron chi connectivity index (χ1n) is 10.3. The molecule has 3 aromatic carbocycles. The second-order valence-corrected chi connectivity index (χ2v) is 11.7. The maximum absolute atomic E-state index is 12.5. The first-order chi connectivity index (χ1) is 16.1. The van der Waals surface area contributed by atoms with Crippen molar-refractivity contribution in [2.75, 3.05) is 22.9 Å². The van der Waals surface area contributed by atoms with Crippen LogP contribution in [0.5, 0.6) is 0 Å². The van der Waals surface area contributed by atoms with Crippen molar-refractivity contribution in [1.29, 1.82) is 0 Å². The molecule has 1 amide bonds. The van der Waals surface area contributed by atoms with E-state index in [0.29, 0.717) is 38.4 Å². The monoisotopic (exact) mass is 556 g/mol. The van der Waals surface area contributed by atoms with Crippen molar-refractivity contribution < 1.29 is 13.2 Å². The average molecular weight is 558 g/mol. The molecule has 0 bridgehead atoms. The number of amides is 1. The molecule has 0 aliphatic rings. The van der Waals surface area contributed by atoms with Crippen LogP contribution in [0.3, 0.4) is 0 Å². The van der Waals surface area contributed by atoms with Crippen LogP contribution in [0, 0.1) is 0 Å². The zero-order valence-corrected chi connectivity index (χ0v) is 22.2. The Balaban J connectivity index is 1.58. The number of sulfonamides is 1. The van der Waals surface area contributed by atoms with E-state index in [1.54, 1.807) is 54.2 Å². The first-order valence-corrected chi connectivity index (χ1v) is 14.4. The number of carbonyl (C=O) groups is 1. The molecule has 0 aliphatic heterocycles. The Bertz CT molecular complexity index is 1220. The lowest BCUT2D eigenvalue weighted by molar-refractivity contribution is 0.0956. The van der Waals surface area contributed by atoms with Crippen molar-refractivity contribution >= 4 is 68.2 Å². The number of nitrogens with one attached hydrogen (secondary N) is 1. The highest BCUT2D eigenvalue weighted by molar-refractivity contribution is 7.98. The molecular formula is C24H23Cl3N2O3S2. The van der Waals surface area contributed by atoms with Gasteiger partial charge in [0.25, 0.3) is 5.91 Å². The minimum atomic E-state index is -3.62. The van der Waals surface area contributed by atoms with Crippen molar-refractivity contribution in [3.63, 3.8) is 0 Å². The predicted octanol–water partition coefficient (Wildman–Crippen LogP) is 6.28. The molecule has 0 saturated heterocycles. The zero-order chi connectivity index (χ0) is 24.7. The summed E-state index contributed by atoms with van der Waals surface area (Å²) in [7, 11) is -3.62. The topological polar surface area (TPSA) is 66.5 Å². The summed E-state index contributed by atoms with van der Waals surface area (Å²) < 4.78 is 26.1. The zero-order valence-electron chi connectivity index (χ0n) is 18.3. The minimum absolute atomic E-state index is 0.0201. The third-order valence-electron chi connectivity index (χ3n) is 4.90. The number of benzene rings is 3. The standard InChI is InChI=1S/C24H23Cl3N2O3S2/c1-34(31,32)29(15-21-22(26)3-2-4-23(21)27)20-11-7-18(8-12-20)24(30)28-13-14-33-16-17-5-9-19(25)10-6-17/h2-12H,13-16H2,1H3,(H,28,30). The van der Waals surface area contributed by atoms with Gasteiger partial charge in [0, 0.05) is 44.2 Å². The fourth-order valence-electron chi connectivity index (χ4n) is 3.12. The Morgan fingerprint density at radius 2 is 1.56 bits per heavy atom. The number of rotatable bonds is 10. The average Bonchev–Trinajstić information content (AvgIpc) is 2.79. The Kier molecular flexibility index (Phi) is 9.56. The number of hydrogen-bond donors (Lipinski definition) is 1. The summed E-state index contributed by atoms with van der Waals surface area (Å²) in [6, 6.07) is 19.1. The van der Waals surface area contributed by atoms with Crippen LogP contribution in [-0.4, -0.2) is 32.9 Å². The van der Waals surface area contributed by atoms with Gasteiger partial charge in [-0.15, -0.1) is 0 Å². The van der Waals surface area contributed by atoms with Gasteiger partial charge in [-0.25, -0.2) is 8.42 Å². The smallest absolute Gasteiger partial charge is 0.251 e. The minimum Gasteiger partial charge on any atom is -0.351 e. The lowest BCUT2D eigenvalue weighted by atomic mass is 10.1. The molecule has 10 heteroatoms. The molecule has 0 atom stereocenters. The number of carbonyl (C=O) groups excluding carboxylic acids is 1. The van der Waals surface area contributed by atoms with E-state index in [1.165, 1.54) is 9.87 Å². The van der Waals surface area contributed by atoms with Crippen molar-refractivity contribution in [3.05, 3.63) is 98.5 Å². The highest BCUT2D eigenvalue weighted by Crippen LogP contribution is 2.29. The molecule has 0 radical (unpaired) electrons. The normalized spacial score (nSPS) is 11.3. The molecule has 0 spiro atoms. The Hall–Kier alpha value is -1.90. The number of nitrogens with zero attached hydrogens (tertiary/aromatic N) is 1. The van der Waals surface area contributed by atoms with E-state index < -0.39 is 10.0 Å². The second-order valence-electron chi connectivity index (χ2n) is 7.45. The maximum atomic E-state index is 12.5. The Morgan fingerprint density at radius 3 is 2.15 bits per heavy atom. The van der Waals surface area contributed by atoms with Crippen molar-refractivity contribution in [2.24, 2.45) is 0 Å². The maximum Gasteiger partial charge on any atom is 0.251 e. The van der Waals surface area contributed by atoms with Crippen LogP contribution in [0.15, 0.2) is 66.7 Å². The molecule has 5 nitrogen and oxygen atoms in total. The van der Waals surface area contributed by atoms with E-state index in [0.717, 1.165) is 17.8 Å². The third kappa shape index (κ3) is 7.55. The van der Waals surface area contributed by atoms with Crippen LogP contribution >= 0.6 is 46.6 Å². The highest BCUT2D eigenvalue weighted by Gasteiger charge is 2.21. The van der Waals surface area contributed by atoms with Crippen LogP contribution in [0.2, 0.25) is 15.1 Å². The van der Waals surface area contributed by atoms with Gasteiger partial charge in [-0.3, -0.25) is 9.10 Å². The summed E-state index contributed by atoms with van der Waals surface area (Å²) >= 11 is 20.0. The van der Waals surface area contributed by atoms with Gasteiger partial charge < -0.3 is 5.32 Å². The highest BCUT2D eigenvalue weighted by atomic mass is 35.5. The molecule has 0 aromatic heterocycles. The molecule has 0 unspecified atom stereocenters. The predicted molar refractivity (Wildman–Crippen MR) is 144 cm³/mol. The van der Waals surface area contributed by atoms with Gasteiger partial charge in [0.2, 0.25) is 10.0 Å². The van der Waals surface area contributed by atoms with Gasteiger partial charge in [0.15, 0.2) is 0 Å². The lowest BCUT2D eigenvalue weighted by Gasteiger charge is -2.23. The fraction of sp³-hybridized carbons (Fsp3) is 0.208. The molecule has 0 heterocycles. The molecular weight excluding hydrogens is 535 g/mol. The van der Waals surface area contributed by atoms with Gasteiger partial charge in [-0.1, -0.05) is 53.0 Å². The third-order valence-corrected chi connectivity index (χ3v) is 8.03. The molecule has 34 heavy (non-hydrogen) atoms. The number of halogens is 3. The molecule has 3 aromatic rings. The summed E-state index contributed by atoms with van der Waals surface area (Å²) in [5, 5.41) is 4.35. The van der Waals surface area contributed by atoms with Gasteiger partial charge in [-0.2, -0.15) is 11.8 Å².